The topological polar surface area (TPSA) is 52.6 Å². The van der Waals surface area contributed by atoms with Gasteiger partial charge in [-0.15, -0.1) is 0 Å². The van der Waals surface area contributed by atoms with E-state index in [1.54, 1.807) is 0 Å². The highest BCUT2D eigenvalue weighted by Crippen LogP contribution is 2.19. The van der Waals surface area contributed by atoms with Gasteiger partial charge in [-0.05, 0) is 43.6 Å². The molecule has 1 aromatic rings. The molecule has 1 amide bonds. The molecule has 1 rings (SSSR count). The second-order valence-corrected chi connectivity index (χ2v) is 5.62. The Morgan fingerprint density at radius 3 is 2.41 bits per heavy atom. The molecule has 0 fully saturated rings. The van der Waals surface area contributed by atoms with Crippen molar-refractivity contribution in [1.29, 1.82) is 0 Å². The summed E-state index contributed by atoms with van der Waals surface area (Å²) >= 11 is 0. The van der Waals surface area contributed by atoms with Crippen LogP contribution in [0.1, 0.15) is 58.1 Å². The van der Waals surface area contributed by atoms with E-state index in [2.05, 4.69) is 24.1 Å². The minimum Gasteiger partial charge on any atom is -0.388 e. The maximum absolute atomic E-state index is 11.3. The van der Waals surface area contributed by atoms with Crippen molar-refractivity contribution in [3.8, 4) is 0 Å². The SMILES string of the molecule is CCCCN(CC)CCC(O)c1ccc(NC(=O)CC)cc1. The summed E-state index contributed by atoms with van der Waals surface area (Å²) in [7, 11) is 0. The largest absolute Gasteiger partial charge is 0.388 e. The number of amides is 1. The predicted molar refractivity (Wildman–Crippen MR) is 92.0 cm³/mol. The number of aliphatic hydroxyl groups is 1. The van der Waals surface area contributed by atoms with Gasteiger partial charge in [0.25, 0.3) is 0 Å². The van der Waals surface area contributed by atoms with Gasteiger partial charge in [0.15, 0.2) is 0 Å². The van der Waals surface area contributed by atoms with Crippen LogP contribution >= 0.6 is 0 Å². The number of carbonyl (C=O) groups is 1. The maximum atomic E-state index is 11.3. The summed E-state index contributed by atoms with van der Waals surface area (Å²) in [6.07, 6.45) is 3.15. The quantitative estimate of drug-likeness (QED) is 0.694. The van der Waals surface area contributed by atoms with E-state index >= 15 is 0 Å². The molecule has 1 atom stereocenters. The van der Waals surface area contributed by atoms with Crippen LogP contribution in [-0.2, 0) is 4.79 Å². The number of hydrogen-bond acceptors (Lipinski definition) is 3. The minimum absolute atomic E-state index is 0.00260. The van der Waals surface area contributed by atoms with Crippen LogP contribution in [-0.4, -0.2) is 35.5 Å². The molecule has 0 aliphatic rings. The first-order valence-electron chi connectivity index (χ1n) is 8.40. The lowest BCUT2D eigenvalue weighted by molar-refractivity contribution is -0.115. The average Bonchev–Trinajstić information content (AvgIpc) is 2.55. The number of unbranched alkanes of at least 4 members (excludes halogenated alkanes) is 1. The van der Waals surface area contributed by atoms with Crippen LogP contribution in [0, 0.1) is 0 Å². The van der Waals surface area contributed by atoms with E-state index in [0.717, 1.165) is 37.3 Å². The smallest absolute Gasteiger partial charge is 0.224 e. The summed E-state index contributed by atoms with van der Waals surface area (Å²) in [5, 5.41) is 13.1. The third-order valence-electron chi connectivity index (χ3n) is 3.89. The second-order valence-electron chi connectivity index (χ2n) is 5.62. The van der Waals surface area contributed by atoms with E-state index in [1.165, 1.54) is 12.8 Å². The predicted octanol–water partition coefficient (Wildman–Crippen LogP) is 3.58. The second kappa shape index (κ2) is 10.4. The molecule has 0 aliphatic carbocycles. The highest BCUT2D eigenvalue weighted by molar-refractivity contribution is 5.90. The van der Waals surface area contributed by atoms with E-state index in [9.17, 15) is 9.90 Å². The monoisotopic (exact) mass is 306 g/mol. The average molecular weight is 306 g/mol. The Morgan fingerprint density at radius 2 is 1.86 bits per heavy atom. The molecule has 0 saturated carbocycles. The molecule has 0 bridgehead atoms. The number of nitrogens with one attached hydrogen (secondary N) is 1. The van der Waals surface area contributed by atoms with Gasteiger partial charge in [0.1, 0.15) is 0 Å². The first kappa shape index (κ1) is 18.7. The Kier molecular flexibility index (Phi) is 8.78. The summed E-state index contributed by atoms with van der Waals surface area (Å²) in [5.41, 5.74) is 1.68. The van der Waals surface area contributed by atoms with Crippen molar-refractivity contribution >= 4 is 11.6 Å². The van der Waals surface area contributed by atoms with Crippen LogP contribution in [0.4, 0.5) is 5.69 Å². The van der Waals surface area contributed by atoms with Gasteiger partial charge in [-0.25, -0.2) is 0 Å². The highest BCUT2D eigenvalue weighted by Gasteiger charge is 2.10. The van der Waals surface area contributed by atoms with Crippen molar-refractivity contribution < 1.29 is 9.90 Å². The van der Waals surface area contributed by atoms with Crippen molar-refractivity contribution in [1.82, 2.24) is 4.90 Å². The van der Waals surface area contributed by atoms with E-state index in [4.69, 9.17) is 0 Å². The van der Waals surface area contributed by atoms with E-state index < -0.39 is 6.10 Å². The molecule has 4 heteroatoms. The molecule has 0 spiro atoms. The highest BCUT2D eigenvalue weighted by atomic mass is 16.3. The molecule has 124 valence electrons. The number of rotatable bonds is 10. The van der Waals surface area contributed by atoms with Crippen LogP contribution < -0.4 is 5.32 Å². The van der Waals surface area contributed by atoms with Gasteiger partial charge in [-0.3, -0.25) is 4.79 Å². The number of carbonyl (C=O) groups excluding carboxylic acids is 1. The number of hydrogen-bond donors (Lipinski definition) is 2. The van der Waals surface area contributed by atoms with Gasteiger partial charge in [-0.2, -0.15) is 0 Å². The van der Waals surface area contributed by atoms with Crippen molar-refractivity contribution in [2.24, 2.45) is 0 Å². The van der Waals surface area contributed by atoms with Gasteiger partial charge in [-0.1, -0.05) is 39.3 Å². The first-order chi connectivity index (χ1) is 10.6. The van der Waals surface area contributed by atoms with Crippen molar-refractivity contribution in [3.63, 3.8) is 0 Å². The fourth-order valence-corrected chi connectivity index (χ4v) is 2.32. The van der Waals surface area contributed by atoms with E-state index in [1.807, 2.05) is 31.2 Å². The van der Waals surface area contributed by atoms with Crippen LogP contribution in [0.2, 0.25) is 0 Å². The van der Waals surface area contributed by atoms with Crippen molar-refractivity contribution in [2.75, 3.05) is 25.0 Å². The molecule has 0 heterocycles. The molecular formula is C18H30N2O2. The number of aliphatic hydroxyl groups excluding tert-OH is 1. The Balaban J connectivity index is 2.47. The molecule has 2 N–H and O–H groups in total. The van der Waals surface area contributed by atoms with Crippen LogP contribution in [0.15, 0.2) is 24.3 Å². The maximum Gasteiger partial charge on any atom is 0.224 e. The third kappa shape index (κ3) is 6.58. The van der Waals surface area contributed by atoms with Gasteiger partial charge >= 0.3 is 0 Å². The lowest BCUT2D eigenvalue weighted by Crippen LogP contribution is -2.26. The van der Waals surface area contributed by atoms with Gasteiger partial charge in [0, 0.05) is 18.7 Å². The van der Waals surface area contributed by atoms with E-state index in [0.29, 0.717) is 6.42 Å². The molecule has 1 aromatic carbocycles. The Hall–Kier alpha value is -1.39. The van der Waals surface area contributed by atoms with Crippen molar-refractivity contribution in [3.05, 3.63) is 29.8 Å². The summed E-state index contributed by atoms with van der Waals surface area (Å²) in [4.78, 5) is 13.7. The lowest BCUT2D eigenvalue weighted by atomic mass is 10.1. The Morgan fingerprint density at radius 1 is 1.18 bits per heavy atom. The minimum atomic E-state index is -0.452. The third-order valence-corrected chi connectivity index (χ3v) is 3.89. The zero-order valence-corrected chi connectivity index (χ0v) is 14.1. The summed E-state index contributed by atoms with van der Waals surface area (Å²) < 4.78 is 0. The zero-order valence-electron chi connectivity index (χ0n) is 14.1. The van der Waals surface area contributed by atoms with Crippen LogP contribution in [0.25, 0.3) is 0 Å². The fraction of sp³-hybridized carbons (Fsp3) is 0.611. The molecule has 0 radical (unpaired) electrons. The molecule has 0 aromatic heterocycles. The molecule has 22 heavy (non-hydrogen) atoms. The number of benzene rings is 1. The van der Waals surface area contributed by atoms with Crippen molar-refractivity contribution in [2.45, 2.75) is 52.6 Å². The number of anilines is 1. The molecular weight excluding hydrogens is 276 g/mol. The summed E-state index contributed by atoms with van der Waals surface area (Å²) in [6.45, 7) is 9.21. The first-order valence-corrected chi connectivity index (χ1v) is 8.40. The normalized spacial score (nSPS) is 12.4. The molecule has 0 saturated heterocycles. The van der Waals surface area contributed by atoms with Gasteiger partial charge in [0.05, 0.1) is 6.10 Å². The standard InChI is InChI=1S/C18H30N2O2/c1-4-7-13-20(6-3)14-12-17(21)15-8-10-16(11-9-15)19-18(22)5-2/h8-11,17,21H,4-7,12-14H2,1-3H3,(H,19,22). The summed E-state index contributed by atoms with van der Waals surface area (Å²) in [5.74, 6) is 0.00260. The van der Waals surface area contributed by atoms with Gasteiger partial charge < -0.3 is 15.3 Å². The summed E-state index contributed by atoms with van der Waals surface area (Å²) in [6, 6.07) is 7.47. The number of nitrogens with zero attached hydrogens (tertiary/aromatic N) is 1. The molecule has 4 nitrogen and oxygen atoms in total. The van der Waals surface area contributed by atoms with Gasteiger partial charge in [0.2, 0.25) is 5.91 Å². The zero-order chi connectivity index (χ0) is 16.4. The van der Waals surface area contributed by atoms with Crippen LogP contribution in [0.3, 0.4) is 0 Å². The fourth-order valence-electron chi connectivity index (χ4n) is 2.32. The van der Waals surface area contributed by atoms with E-state index in [-0.39, 0.29) is 5.91 Å². The molecule has 1 unspecified atom stereocenters. The Bertz CT molecular complexity index is 431. The van der Waals surface area contributed by atoms with Crippen LogP contribution in [0.5, 0.6) is 0 Å². The lowest BCUT2D eigenvalue weighted by Gasteiger charge is -2.22. The molecule has 0 aliphatic heterocycles. The Labute approximate surface area is 134 Å².